The normalized spacial score (nSPS) is 10.8. The van der Waals surface area contributed by atoms with Crippen LogP contribution in [0.1, 0.15) is 17.5 Å². The summed E-state index contributed by atoms with van der Waals surface area (Å²) in [5.74, 6) is 0.719. The molecule has 0 unspecified atom stereocenters. The number of methoxy groups -OCH3 is 1. The maximum Gasteiger partial charge on any atom is 0.238 e. The summed E-state index contributed by atoms with van der Waals surface area (Å²) >= 11 is 1.68. The van der Waals surface area contributed by atoms with Crippen LogP contribution in [0.15, 0.2) is 29.8 Å². The molecule has 2 aromatic rings. The number of aryl methyl sites for hydroxylation is 1. The summed E-state index contributed by atoms with van der Waals surface area (Å²) in [6, 6.07) is 7.39. The van der Waals surface area contributed by atoms with Crippen LogP contribution in [0.5, 0.6) is 5.75 Å². The van der Waals surface area contributed by atoms with Gasteiger partial charge in [-0.05, 0) is 32.0 Å². The molecule has 0 radical (unpaired) electrons. The van der Waals surface area contributed by atoms with Gasteiger partial charge in [-0.1, -0.05) is 13.0 Å². The second-order valence-corrected chi connectivity index (χ2v) is 6.20. The van der Waals surface area contributed by atoms with Crippen molar-refractivity contribution >= 4 is 22.9 Å². The molecule has 0 saturated carbocycles. The second-order valence-electron chi connectivity index (χ2n) is 5.26. The van der Waals surface area contributed by atoms with E-state index in [-0.39, 0.29) is 5.91 Å². The fourth-order valence-electron chi connectivity index (χ4n) is 2.28. The Morgan fingerprint density at radius 2 is 2.26 bits per heavy atom. The van der Waals surface area contributed by atoms with E-state index < -0.39 is 0 Å². The van der Waals surface area contributed by atoms with Crippen molar-refractivity contribution in [2.75, 3.05) is 32.1 Å². The molecule has 5 nitrogen and oxygen atoms in total. The minimum absolute atomic E-state index is 0.0128. The minimum Gasteiger partial charge on any atom is -0.497 e. The van der Waals surface area contributed by atoms with Crippen molar-refractivity contribution in [3.8, 4) is 5.75 Å². The average molecular weight is 333 g/mol. The van der Waals surface area contributed by atoms with E-state index in [0.29, 0.717) is 6.54 Å². The monoisotopic (exact) mass is 333 g/mol. The first-order chi connectivity index (χ1) is 11.1. The molecule has 0 aliphatic carbocycles. The van der Waals surface area contributed by atoms with Crippen LogP contribution in [0.3, 0.4) is 0 Å². The molecule has 1 aromatic heterocycles. The number of thiazole rings is 1. The van der Waals surface area contributed by atoms with Crippen molar-refractivity contribution < 1.29 is 9.53 Å². The van der Waals surface area contributed by atoms with Crippen LogP contribution in [0.2, 0.25) is 0 Å². The van der Waals surface area contributed by atoms with Crippen molar-refractivity contribution in [2.45, 2.75) is 20.3 Å². The molecule has 0 bridgehead atoms. The van der Waals surface area contributed by atoms with E-state index in [1.54, 1.807) is 18.4 Å². The molecule has 124 valence electrons. The maximum atomic E-state index is 12.2. The summed E-state index contributed by atoms with van der Waals surface area (Å²) in [4.78, 5) is 19.9. The van der Waals surface area contributed by atoms with Crippen LogP contribution in [0, 0.1) is 6.92 Å². The van der Waals surface area contributed by atoms with Gasteiger partial charge in [0.15, 0.2) is 0 Å². The van der Waals surface area contributed by atoms with E-state index in [0.717, 1.165) is 36.6 Å². The number of anilines is 1. The van der Waals surface area contributed by atoms with Gasteiger partial charge in [0.05, 0.1) is 24.9 Å². The molecular formula is C17H23N3O2S. The van der Waals surface area contributed by atoms with Gasteiger partial charge in [0.2, 0.25) is 5.91 Å². The van der Waals surface area contributed by atoms with Crippen molar-refractivity contribution in [1.82, 2.24) is 9.88 Å². The van der Waals surface area contributed by atoms with Gasteiger partial charge in [-0.25, -0.2) is 4.98 Å². The summed E-state index contributed by atoms with van der Waals surface area (Å²) in [5.41, 5.74) is 3.71. The van der Waals surface area contributed by atoms with Crippen molar-refractivity contribution in [2.24, 2.45) is 0 Å². The molecule has 0 spiro atoms. The molecule has 1 heterocycles. The van der Waals surface area contributed by atoms with Crippen molar-refractivity contribution in [3.63, 3.8) is 0 Å². The largest absolute Gasteiger partial charge is 0.497 e. The topological polar surface area (TPSA) is 54.5 Å². The predicted molar refractivity (Wildman–Crippen MR) is 94.3 cm³/mol. The average Bonchev–Trinajstić information content (AvgIpc) is 2.96. The number of likely N-dealkylation sites (N-methyl/N-ethyl adjacent to an activating group) is 1. The lowest BCUT2D eigenvalue weighted by molar-refractivity contribution is -0.117. The Morgan fingerprint density at radius 1 is 1.43 bits per heavy atom. The van der Waals surface area contributed by atoms with Gasteiger partial charge in [0, 0.05) is 23.2 Å². The number of aromatic nitrogens is 1. The van der Waals surface area contributed by atoms with E-state index in [2.05, 4.69) is 22.1 Å². The number of carbonyl (C=O) groups is 1. The molecule has 0 saturated heterocycles. The smallest absolute Gasteiger partial charge is 0.238 e. The van der Waals surface area contributed by atoms with E-state index in [9.17, 15) is 4.79 Å². The van der Waals surface area contributed by atoms with Crippen LogP contribution in [0.25, 0.3) is 0 Å². The fourth-order valence-corrected chi connectivity index (χ4v) is 3.05. The molecule has 0 fully saturated rings. The number of rotatable bonds is 8. The van der Waals surface area contributed by atoms with Crippen LogP contribution < -0.4 is 10.1 Å². The van der Waals surface area contributed by atoms with Crippen LogP contribution in [-0.2, 0) is 11.2 Å². The van der Waals surface area contributed by atoms with E-state index in [1.165, 1.54) is 4.88 Å². The molecule has 1 N–H and O–H groups in total. The number of hydrogen-bond donors (Lipinski definition) is 1. The number of ether oxygens (including phenoxy) is 1. The van der Waals surface area contributed by atoms with Gasteiger partial charge in [0.1, 0.15) is 5.75 Å². The Morgan fingerprint density at radius 3 is 2.91 bits per heavy atom. The summed E-state index contributed by atoms with van der Waals surface area (Å²) in [6.07, 6.45) is 0.927. The molecule has 2 rings (SSSR count). The van der Waals surface area contributed by atoms with E-state index >= 15 is 0 Å². The molecule has 1 amide bonds. The highest BCUT2D eigenvalue weighted by molar-refractivity contribution is 7.09. The molecule has 0 aliphatic heterocycles. The predicted octanol–water partition coefficient (Wildman–Crippen LogP) is 2.96. The summed E-state index contributed by atoms with van der Waals surface area (Å²) in [5, 5.41) is 2.92. The van der Waals surface area contributed by atoms with E-state index in [1.807, 2.05) is 36.7 Å². The zero-order valence-electron chi connectivity index (χ0n) is 13.8. The third-order valence-electron chi connectivity index (χ3n) is 3.67. The number of nitrogens with one attached hydrogen (secondary N) is 1. The van der Waals surface area contributed by atoms with Gasteiger partial charge in [-0.3, -0.25) is 9.69 Å². The third kappa shape index (κ3) is 5.33. The van der Waals surface area contributed by atoms with Gasteiger partial charge in [-0.15, -0.1) is 11.3 Å². The molecule has 1 aromatic carbocycles. The lowest BCUT2D eigenvalue weighted by Crippen LogP contribution is -2.34. The lowest BCUT2D eigenvalue weighted by Gasteiger charge is -2.19. The number of amides is 1. The Balaban J connectivity index is 1.85. The Bertz CT molecular complexity index is 642. The van der Waals surface area contributed by atoms with Crippen LogP contribution in [0.4, 0.5) is 5.69 Å². The Labute approximate surface area is 141 Å². The minimum atomic E-state index is -0.0128. The first-order valence-corrected chi connectivity index (χ1v) is 8.55. The molecule has 0 aliphatic rings. The zero-order valence-corrected chi connectivity index (χ0v) is 14.7. The quantitative estimate of drug-likeness (QED) is 0.807. The first-order valence-electron chi connectivity index (χ1n) is 7.67. The summed E-state index contributed by atoms with van der Waals surface area (Å²) < 4.78 is 5.16. The number of hydrogen-bond acceptors (Lipinski definition) is 5. The van der Waals surface area contributed by atoms with Crippen LogP contribution in [-0.4, -0.2) is 42.5 Å². The summed E-state index contributed by atoms with van der Waals surface area (Å²) in [7, 11) is 1.61. The SMILES string of the molecule is CCN(CCc1scnc1C)CC(=O)Nc1cccc(OC)c1. The highest BCUT2D eigenvalue weighted by Crippen LogP contribution is 2.17. The van der Waals surface area contributed by atoms with Gasteiger partial charge in [0.25, 0.3) is 0 Å². The van der Waals surface area contributed by atoms with Crippen molar-refractivity contribution in [1.29, 1.82) is 0 Å². The van der Waals surface area contributed by atoms with E-state index in [4.69, 9.17) is 4.74 Å². The maximum absolute atomic E-state index is 12.2. The molecule has 0 atom stereocenters. The highest BCUT2D eigenvalue weighted by Gasteiger charge is 2.11. The standard InChI is InChI=1S/C17H23N3O2S/c1-4-20(9-8-16-13(2)18-12-23-16)11-17(21)19-14-6-5-7-15(10-14)22-3/h5-7,10,12H,4,8-9,11H2,1-3H3,(H,19,21). The third-order valence-corrected chi connectivity index (χ3v) is 4.66. The van der Waals surface area contributed by atoms with Gasteiger partial charge >= 0.3 is 0 Å². The number of benzene rings is 1. The first kappa shape index (κ1) is 17.4. The molecule has 23 heavy (non-hydrogen) atoms. The van der Waals surface area contributed by atoms with Crippen molar-refractivity contribution in [3.05, 3.63) is 40.3 Å². The summed E-state index contributed by atoms with van der Waals surface area (Å²) in [6.45, 7) is 6.16. The number of nitrogens with zero attached hydrogens (tertiary/aromatic N) is 2. The van der Waals surface area contributed by atoms with Gasteiger partial charge < -0.3 is 10.1 Å². The van der Waals surface area contributed by atoms with Gasteiger partial charge in [-0.2, -0.15) is 0 Å². The number of carbonyl (C=O) groups excluding carboxylic acids is 1. The van der Waals surface area contributed by atoms with Crippen LogP contribution >= 0.6 is 11.3 Å². The molecule has 6 heteroatoms. The Kier molecular flexibility index (Phi) is 6.55. The second kappa shape index (κ2) is 8.64. The fraction of sp³-hybridized carbons (Fsp3) is 0.412. The lowest BCUT2D eigenvalue weighted by atomic mass is 10.2. The Hall–Kier alpha value is -1.92. The zero-order chi connectivity index (χ0) is 16.7. The molecular weight excluding hydrogens is 310 g/mol. The highest BCUT2D eigenvalue weighted by atomic mass is 32.1.